The molecule has 0 amide bonds. The normalized spacial score (nSPS) is 35.9. The van der Waals surface area contributed by atoms with Crippen molar-refractivity contribution in [3.05, 3.63) is 0 Å². The molecule has 2 nitrogen and oxygen atoms in total. The number of ether oxygens (including phenoxy) is 1. The van der Waals surface area contributed by atoms with Gasteiger partial charge in [0.15, 0.2) is 0 Å². The minimum atomic E-state index is 0.260. The quantitative estimate of drug-likeness (QED) is 0.851. The summed E-state index contributed by atoms with van der Waals surface area (Å²) in [5.74, 6) is 2.21. The molecule has 0 aromatic heterocycles. The van der Waals surface area contributed by atoms with Crippen molar-refractivity contribution in [2.24, 2.45) is 5.92 Å². The van der Waals surface area contributed by atoms with Gasteiger partial charge in [0.2, 0.25) is 0 Å². The first-order valence-corrected chi connectivity index (χ1v) is 9.81. The van der Waals surface area contributed by atoms with E-state index >= 15 is 0 Å². The molecule has 1 spiro atoms. The molecule has 3 rings (SSSR count). The van der Waals surface area contributed by atoms with Gasteiger partial charge in [0.25, 0.3) is 0 Å². The number of nitrogens with one attached hydrogen (secondary N) is 1. The third-order valence-corrected chi connectivity index (χ3v) is 7.23. The Kier molecular flexibility index (Phi) is 5.33. The lowest BCUT2D eigenvalue weighted by Crippen LogP contribution is -2.50. The minimum absolute atomic E-state index is 0.260. The van der Waals surface area contributed by atoms with E-state index in [0.717, 1.165) is 17.8 Å². The maximum absolute atomic E-state index is 6.28. The SMILES string of the molecule is CNC(C1CCOC2(CCCCC2)C1)C1CCCCS1. The maximum atomic E-state index is 6.28. The molecule has 0 aromatic rings. The van der Waals surface area contributed by atoms with Gasteiger partial charge in [-0.1, -0.05) is 25.7 Å². The molecule has 3 aliphatic rings. The zero-order chi connectivity index (χ0) is 13.8. The first-order valence-electron chi connectivity index (χ1n) is 8.76. The molecule has 20 heavy (non-hydrogen) atoms. The molecular weight excluding hydrogens is 266 g/mol. The van der Waals surface area contributed by atoms with Crippen LogP contribution in [-0.4, -0.2) is 36.3 Å². The molecule has 1 saturated carbocycles. The molecule has 0 radical (unpaired) electrons. The fraction of sp³-hybridized carbons (Fsp3) is 1.00. The topological polar surface area (TPSA) is 21.3 Å². The lowest BCUT2D eigenvalue weighted by Gasteiger charge is -2.47. The summed E-state index contributed by atoms with van der Waals surface area (Å²) in [4.78, 5) is 0. The molecule has 3 unspecified atom stereocenters. The molecule has 3 atom stereocenters. The summed E-state index contributed by atoms with van der Waals surface area (Å²) >= 11 is 2.22. The summed E-state index contributed by atoms with van der Waals surface area (Å²) in [6.07, 6.45) is 13.7. The van der Waals surface area contributed by atoms with E-state index in [2.05, 4.69) is 24.1 Å². The van der Waals surface area contributed by atoms with E-state index in [-0.39, 0.29) is 5.60 Å². The van der Waals surface area contributed by atoms with Gasteiger partial charge in [-0.3, -0.25) is 0 Å². The highest BCUT2D eigenvalue weighted by atomic mass is 32.2. The van der Waals surface area contributed by atoms with Crippen LogP contribution in [0.1, 0.15) is 64.2 Å². The second kappa shape index (κ2) is 7.02. The first-order chi connectivity index (χ1) is 9.83. The smallest absolute Gasteiger partial charge is 0.0685 e. The van der Waals surface area contributed by atoms with Crippen LogP contribution in [0.4, 0.5) is 0 Å². The summed E-state index contributed by atoms with van der Waals surface area (Å²) in [6, 6.07) is 0.711. The Morgan fingerprint density at radius 2 is 1.95 bits per heavy atom. The fourth-order valence-corrected chi connectivity index (χ4v) is 6.26. The Bertz CT molecular complexity index is 292. The molecule has 3 heteroatoms. The molecule has 2 aliphatic heterocycles. The van der Waals surface area contributed by atoms with Crippen molar-refractivity contribution < 1.29 is 4.74 Å². The van der Waals surface area contributed by atoms with Crippen LogP contribution in [0.2, 0.25) is 0 Å². The molecular formula is C17H31NOS. The van der Waals surface area contributed by atoms with E-state index < -0.39 is 0 Å². The molecule has 1 N–H and O–H groups in total. The van der Waals surface area contributed by atoms with Crippen molar-refractivity contribution in [1.29, 1.82) is 0 Å². The molecule has 0 aromatic carbocycles. The van der Waals surface area contributed by atoms with Crippen molar-refractivity contribution in [1.82, 2.24) is 5.32 Å². The van der Waals surface area contributed by atoms with Gasteiger partial charge in [-0.05, 0) is 57.2 Å². The lowest BCUT2D eigenvalue weighted by atomic mass is 9.73. The van der Waals surface area contributed by atoms with E-state index in [0.29, 0.717) is 6.04 Å². The third-order valence-electron chi connectivity index (χ3n) is 5.75. The Morgan fingerprint density at radius 1 is 1.10 bits per heavy atom. The molecule has 2 heterocycles. The van der Waals surface area contributed by atoms with E-state index in [1.165, 1.54) is 70.0 Å². The summed E-state index contributed by atoms with van der Waals surface area (Å²) in [7, 11) is 2.18. The second-order valence-electron chi connectivity index (χ2n) is 7.06. The van der Waals surface area contributed by atoms with Crippen LogP contribution < -0.4 is 5.32 Å². The molecule has 0 bridgehead atoms. The van der Waals surface area contributed by atoms with Crippen molar-refractivity contribution in [3.8, 4) is 0 Å². The van der Waals surface area contributed by atoms with Gasteiger partial charge in [-0.25, -0.2) is 0 Å². The Labute approximate surface area is 128 Å². The number of hydrogen-bond donors (Lipinski definition) is 1. The van der Waals surface area contributed by atoms with Gasteiger partial charge in [-0.2, -0.15) is 11.8 Å². The second-order valence-corrected chi connectivity index (χ2v) is 8.41. The van der Waals surface area contributed by atoms with Crippen LogP contribution in [0, 0.1) is 5.92 Å². The van der Waals surface area contributed by atoms with Crippen molar-refractivity contribution >= 4 is 11.8 Å². The summed E-state index contributed by atoms with van der Waals surface area (Å²) in [6.45, 7) is 1.00. The zero-order valence-electron chi connectivity index (χ0n) is 13.0. The maximum Gasteiger partial charge on any atom is 0.0685 e. The Balaban J connectivity index is 1.64. The summed E-state index contributed by atoms with van der Waals surface area (Å²) < 4.78 is 6.28. The predicted octanol–water partition coefficient (Wildman–Crippen LogP) is 3.99. The molecule has 2 saturated heterocycles. The van der Waals surface area contributed by atoms with Gasteiger partial charge in [-0.15, -0.1) is 0 Å². The van der Waals surface area contributed by atoms with Crippen LogP contribution in [0.15, 0.2) is 0 Å². The summed E-state index contributed by atoms with van der Waals surface area (Å²) in [5.41, 5.74) is 0.260. The van der Waals surface area contributed by atoms with Crippen molar-refractivity contribution in [3.63, 3.8) is 0 Å². The number of rotatable bonds is 3. The average molecular weight is 298 g/mol. The van der Waals surface area contributed by atoms with Crippen LogP contribution in [0.25, 0.3) is 0 Å². The zero-order valence-corrected chi connectivity index (χ0v) is 13.9. The van der Waals surface area contributed by atoms with E-state index in [9.17, 15) is 0 Å². The van der Waals surface area contributed by atoms with Gasteiger partial charge in [0.05, 0.1) is 5.60 Å². The standard InChI is InChI=1S/C17H31NOS/c1-18-16(15-7-3-6-12-20-15)14-8-11-19-17(13-14)9-4-2-5-10-17/h14-16,18H,2-13H2,1H3. The highest BCUT2D eigenvalue weighted by molar-refractivity contribution is 8.00. The summed E-state index contributed by atoms with van der Waals surface area (Å²) in [5, 5.41) is 4.53. The van der Waals surface area contributed by atoms with Gasteiger partial charge in [0.1, 0.15) is 0 Å². The highest BCUT2D eigenvalue weighted by Gasteiger charge is 2.42. The van der Waals surface area contributed by atoms with Gasteiger partial charge < -0.3 is 10.1 Å². The van der Waals surface area contributed by atoms with E-state index in [1.54, 1.807) is 0 Å². The monoisotopic (exact) mass is 297 g/mol. The Hall–Kier alpha value is 0.270. The fourth-order valence-electron chi connectivity index (χ4n) is 4.69. The third kappa shape index (κ3) is 3.36. The Morgan fingerprint density at radius 3 is 2.65 bits per heavy atom. The number of thioether (sulfide) groups is 1. The van der Waals surface area contributed by atoms with Gasteiger partial charge >= 0.3 is 0 Å². The molecule has 1 aliphatic carbocycles. The van der Waals surface area contributed by atoms with Crippen LogP contribution in [0.3, 0.4) is 0 Å². The predicted molar refractivity (Wildman–Crippen MR) is 87.4 cm³/mol. The van der Waals surface area contributed by atoms with E-state index in [1.807, 2.05) is 0 Å². The molecule has 3 fully saturated rings. The largest absolute Gasteiger partial charge is 0.375 e. The molecule has 116 valence electrons. The van der Waals surface area contributed by atoms with Crippen molar-refractivity contribution in [2.75, 3.05) is 19.4 Å². The van der Waals surface area contributed by atoms with Crippen molar-refractivity contribution in [2.45, 2.75) is 81.1 Å². The number of hydrogen-bond acceptors (Lipinski definition) is 3. The lowest BCUT2D eigenvalue weighted by molar-refractivity contribution is -0.121. The van der Waals surface area contributed by atoms with Crippen LogP contribution in [-0.2, 0) is 4.74 Å². The first kappa shape index (κ1) is 15.2. The van der Waals surface area contributed by atoms with E-state index in [4.69, 9.17) is 4.74 Å². The van der Waals surface area contributed by atoms with Crippen LogP contribution in [0.5, 0.6) is 0 Å². The van der Waals surface area contributed by atoms with Crippen LogP contribution >= 0.6 is 11.8 Å². The van der Waals surface area contributed by atoms with Gasteiger partial charge in [0, 0.05) is 17.9 Å². The highest BCUT2D eigenvalue weighted by Crippen LogP contribution is 2.43. The minimum Gasteiger partial charge on any atom is -0.375 e. The average Bonchev–Trinajstić information content (AvgIpc) is 2.50.